The number of nitrogens with one attached hydrogen (secondary N) is 1. The molecule has 0 saturated carbocycles. The van der Waals surface area contributed by atoms with Crippen molar-refractivity contribution in [3.63, 3.8) is 0 Å². The molecule has 4 nitrogen and oxygen atoms in total. The van der Waals surface area contributed by atoms with Gasteiger partial charge in [-0.1, -0.05) is 60.7 Å². The van der Waals surface area contributed by atoms with Gasteiger partial charge in [-0.25, -0.2) is 0 Å². The first-order valence-corrected chi connectivity index (χ1v) is 8.95. The molecule has 0 bridgehead atoms. The highest BCUT2D eigenvalue weighted by atomic mass is 16.5. The number of para-hydroxylation sites is 1. The fourth-order valence-electron chi connectivity index (χ4n) is 3.07. The summed E-state index contributed by atoms with van der Waals surface area (Å²) in [7, 11) is 0. The molecule has 0 radical (unpaired) electrons. The van der Waals surface area contributed by atoms with E-state index in [1.54, 1.807) is 6.92 Å². The van der Waals surface area contributed by atoms with Gasteiger partial charge < -0.3 is 10.1 Å². The van der Waals surface area contributed by atoms with Gasteiger partial charge in [0, 0.05) is 11.3 Å². The minimum absolute atomic E-state index is 0.233. The van der Waals surface area contributed by atoms with Crippen LogP contribution in [0.25, 0.3) is 11.1 Å². The summed E-state index contributed by atoms with van der Waals surface area (Å²) in [6.07, 6.45) is 5.59. The van der Waals surface area contributed by atoms with Crippen LogP contribution < -0.4 is 5.32 Å². The SMILES string of the molecule is C[C@@H](OC(=O)C[C@@H]1C=CCC1)C(=O)Nc1ccccc1-c1ccccc1. The van der Waals surface area contributed by atoms with E-state index in [4.69, 9.17) is 4.74 Å². The van der Waals surface area contributed by atoms with Crippen LogP contribution in [-0.4, -0.2) is 18.0 Å². The van der Waals surface area contributed by atoms with Crippen molar-refractivity contribution in [3.8, 4) is 11.1 Å². The van der Waals surface area contributed by atoms with Crippen molar-refractivity contribution in [2.75, 3.05) is 5.32 Å². The molecule has 3 rings (SSSR count). The first-order valence-electron chi connectivity index (χ1n) is 8.95. The zero-order valence-electron chi connectivity index (χ0n) is 14.9. The van der Waals surface area contributed by atoms with Crippen LogP contribution in [0.5, 0.6) is 0 Å². The van der Waals surface area contributed by atoms with Gasteiger partial charge in [0.1, 0.15) is 0 Å². The summed E-state index contributed by atoms with van der Waals surface area (Å²) < 4.78 is 5.31. The molecular formula is C22H23NO3. The van der Waals surface area contributed by atoms with Crippen molar-refractivity contribution in [2.45, 2.75) is 32.3 Å². The van der Waals surface area contributed by atoms with E-state index in [0.717, 1.165) is 24.0 Å². The number of amides is 1. The fourth-order valence-corrected chi connectivity index (χ4v) is 3.07. The summed E-state index contributed by atoms with van der Waals surface area (Å²) in [6, 6.07) is 17.4. The second-order valence-corrected chi connectivity index (χ2v) is 6.50. The minimum Gasteiger partial charge on any atom is -0.453 e. The number of hydrogen-bond donors (Lipinski definition) is 1. The van der Waals surface area contributed by atoms with Gasteiger partial charge in [-0.15, -0.1) is 0 Å². The van der Waals surface area contributed by atoms with Crippen LogP contribution in [0.15, 0.2) is 66.7 Å². The van der Waals surface area contributed by atoms with E-state index < -0.39 is 6.10 Å². The molecule has 0 heterocycles. The van der Waals surface area contributed by atoms with Crippen LogP contribution in [0.3, 0.4) is 0 Å². The maximum atomic E-state index is 12.5. The standard InChI is InChI=1S/C22H23NO3/c1-16(26-21(24)15-17-9-5-6-10-17)22(25)23-20-14-8-7-13-19(20)18-11-3-2-4-12-18/h2-5,7-9,11-14,16-17H,6,10,15H2,1H3,(H,23,25)/t16-,17-/m1/s1. The van der Waals surface area contributed by atoms with Gasteiger partial charge in [0.15, 0.2) is 6.10 Å². The number of carbonyl (C=O) groups excluding carboxylic acids is 2. The smallest absolute Gasteiger partial charge is 0.307 e. The molecule has 2 aromatic carbocycles. The second kappa shape index (κ2) is 8.48. The fraction of sp³-hybridized carbons (Fsp3) is 0.273. The number of esters is 1. The van der Waals surface area contributed by atoms with E-state index in [0.29, 0.717) is 12.1 Å². The predicted octanol–water partition coefficient (Wildman–Crippen LogP) is 4.58. The summed E-state index contributed by atoms with van der Waals surface area (Å²) in [5.41, 5.74) is 2.64. The first kappa shape index (κ1) is 17.9. The third kappa shape index (κ3) is 4.60. The van der Waals surface area contributed by atoms with Gasteiger partial charge in [0.25, 0.3) is 5.91 Å². The van der Waals surface area contributed by atoms with Gasteiger partial charge in [-0.3, -0.25) is 9.59 Å². The van der Waals surface area contributed by atoms with Gasteiger partial charge in [0.05, 0.1) is 6.42 Å². The van der Waals surface area contributed by atoms with Crippen molar-refractivity contribution in [2.24, 2.45) is 5.92 Å². The van der Waals surface area contributed by atoms with Crippen LogP contribution >= 0.6 is 0 Å². The third-order valence-corrected chi connectivity index (χ3v) is 4.49. The van der Waals surface area contributed by atoms with E-state index in [9.17, 15) is 9.59 Å². The van der Waals surface area contributed by atoms with E-state index in [1.165, 1.54) is 0 Å². The zero-order chi connectivity index (χ0) is 18.4. The molecular weight excluding hydrogens is 326 g/mol. The molecule has 0 aliphatic heterocycles. The van der Waals surface area contributed by atoms with Gasteiger partial charge in [-0.2, -0.15) is 0 Å². The van der Waals surface area contributed by atoms with Crippen LogP contribution in [0.4, 0.5) is 5.69 Å². The lowest BCUT2D eigenvalue weighted by Crippen LogP contribution is -2.30. The molecule has 0 fully saturated rings. The van der Waals surface area contributed by atoms with Crippen LogP contribution in [0.2, 0.25) is 0 Å². The van der Waals surface area contributed by atoms with E-state index in [1.807, 2.05) is 60.7 Å². The maximum Gasteiger partial charge on any atom is 0.307 e. The number of allylic oxidation sites excluding steroid dienone is 2. The summed E-state index contributed by atoms with van der Waals surface area (Å²) >= 11 is 0. The predicted molar refractivity (Wildman–Crippen MR) is 103 cm³/mol. The molecule has 1 N–H and O–H groups in total. The topological polar surface area (TPSA) is 55.4 Å². The molecule has 134 valence electrons. The normalized spacial score (nSPS) is 16.9. The van der Waals surface area contributed by atoms with Crippen LogP contribution in [-0.2, 0) is 14.3 Å². The van der Waals surface area contributed by atoms with Crippen molar-refractivity contribution in [3.05, 3.63) is 66.7 Å². The Morgan fingerprint density at radius 2 is 1.85 bits per heavy atom. The number of carbonyl (C=O) groups is 2. The Kier molecular flexibility index (Phi) is 5.84. The number of benzene rings is 2. The van der Waals surface area contributed by atoms with Crippen LogP contribution in [0, 0.1) is 5.92 Å². The van der Waals surface area contributed by atoms with Gasteiger partial charge >= 0.3 is 5.97 Å². The highest BCUT2D eigenvalue weighted by Gasteiger charge is 2.21. The monoisotopic (exact) mass is 349 g/mol. The first-order chi connectivity index (χ1) is 12.6. The number of ether oxygens (including phenoxy) is 1. The quantitative estimate of drug-likeness (QED) is 0.613. The van der Waals surface area contributed by atoms with E-state index >= 15 is 0 Å². The number of anilines is 1. The molecule has 4 heteroatoms. The average molecular weight is 349 g/mol. The lowest BCUT2D eigenvalue weighted by Gasteiger charge is -2.16. The zero-order valence-corrected chi connectivity index (χ0v) is 14.9. The third-order valence-electron chi connectivity index (χ3n) is 4.49. The Balaban J connectivity index is 1.62. The van der Waals surface area contributed by atoms with Crippen molar-refractivity contribution in [1.29, 1.82) is 0 Å². The highest BCUT2D eigenvalue weighted by molar-refractivity contribution is 5.98. The van der Waals surface area contributed by atoms with Crippen molar-refractivity contribution >= 4 is 17.6 Å². The van der Waals surface area contributed by atoms with Crippen LogP contribution in [0.1, 0.15) is 26.2 Å². The van der Waals surface area contributed by atoms with Gasteiger partial charge in [0.2, 0.25) is 0 Å². The van der Waals surface area contributed by atoms with E-state index in [2.05, 4.69) is 11.4 Å². The van der Waals surface area contributed by atoms with Gasteiger partial charge in [-0.05, 0) is 37.3 Å². The van der Waals surface area contributed by atoms with Crippen molar-refractivity contribution < 1.29 is 14.3 Å². The Morgan fingerprint density at radius 1 is 1.12 bits per heavy atom. The largest absolute Gasteiger partial charge is 0.453 e. The molecule has 2 atom stereocenters. The summed E-state index contributed by atoms with van der Waals surface area (Å²) in [6.45, 7) is 1.60. The molecule has 0 unspecified atom stereocenters. The van der Waals surface area contributed by atoms with Crippen molar-refractivity contribution in [1.82, 2.24) is 0 Å². The molecule has 2 aromatic rings. The Labute approximate surface area is 153 Å². The molecule has 1 aliphatic rings. The Morgan fingerprint density at radius 3 is 2.58 bits per heavy atom. The molecule has 26 heavy (non-hydrogen) atoms. The maximum absolute atomic E-state index is 12.5. The summed E-state index contributed by atoms with van der Waals surface area (Å²) in [5, 5.41) is 2.88. The molecule has 1 aliphatic carbocycles. The summed E-state index contributed by atoms with van der Waals surface area (Å²) in [4.78, 5) is 24.5. The average Bonchev–Trinajstić information content (AvgIpc) is 3.15. The Hall–Kier alpha value is -2.88. The Bertz CT molecular complexity index is 798. The molecule has 0 saturated heterocycles. The molecule has 1 amide bonds. The molecule has 0 spiro atoms. The minimum atomic E-state index is -0.836. The summed E-state index contributed by atoms with van der Waals surface area (Å²) in [5.74, 6) is -0.430. The second-order valence-electron chi connectivity index (χ2n) is 6.50. The number of hydrogen-bond acceptors (Lipinski definition) is 3. The number of rotatable bonds is 6. The highest BCUT2D eigenvalue weighted by Crippen LogP contribution is 2.27. The lowest BCUT2D eigenvalue weighted by molar-refractivity contribution is -0.153. The lowest BCUT2D eigenvalue weighted by atomic mass is 10.0. The van der Waals surface area contributed by atoms with E-state index in [-0.39, 0.29) is 17.8 Å². The molecule has 0 aromatic heterocycles.